The lowest BCUT2D eigenvalue weighted by atomic mass is 10.3. The van der Waals surface area contributed by atoms with Crippen LogP contribution in [0.1, 0.15) is 4.88 Å². The molecule has 2 rings (SSSR count). The van der Waals surface area contributed by atoms with Gasteiger partial charge in [0.25, 0.3) is 0 Å². The first-order valence-corrected chi connectivity index (χ1v) is 5.63. The lowest BCUT2D eigenvalue weighted by molar-refractivity contribution is -0.141. The van der Waals surface area contributed by atoms with Crippen LogP contribution in [0.25, 0.3) is 0 Å². The van der Waals surface area contributed by atoms with Gasteiger partial charge < -0.3 is 10.2 Å². The van der Waals surface area contributed by atoms with Gasteiger partial charge in [-0.2, -0.15) is 0 Å². The zero-order chi connectivity index (χ0) is 10.8. The Hall–Kier alpha value is -1.07. The number of halogens is 1. The van der Waals surface area contributed by atoms with Crippen molar-refractivity contribution in [3.8, 4) is 0 Å². The first kappa shape index (κ1) is 10.4. The normalized spacial score (nSPS) is 16.7. The third-order valence-electron chi connectivity index (χ3n) is 2.10. The molecule has 1 aliphatic rings. The molecule has 0 radical (unpaired) electrons. The number of rotatable bonds is 2. The van der Waals surface area contributed by atoms with Gasteiger partial charge in [0, 0.05) is 4.88 Å². The second-order valence-corrected chi connectivity index (χ2v) is 5.03. The van der Waals surface area contributed by atoms with Crippen LogP contribution in [0.5, 0.6) is 0 Å². The van der Waals surface area contributed by atoms with E-state index in [1.165, 1.54) is 16.2 Å². The first-order chi connectivity index (χ1) is 7.15. The van der Waals surface area contributed by atoms with E-state index in [0.717, 1.165) is 4.88 Å². The molecule has 0 unspecified atom stereocenters. The molecule has 0 atom stereocenters. The minimum Gasteiger partial charge on any atom is -0.345 e. The molecule has 1 saturated heterocycles. The highest BCUT2D eigenvalue weighted by atomic mass is 35.5. The molecule has 0 aliphatic carbocycles. The van der Waals surface area contributed by atoms with Gasteiger partial charge in [-0.25, -0.2) is 0 Å². The molecule has 15 heavy (non-hydrogen) atoms. The van der Waals surface area contributed by atoms with Crippen molar-refractivity contribution < 1.29 is 9.59 Å². The summed E-state index contributed by atoms with van der Waals surface area (Å²) in [6.07, 6.45) is 0. The fourth-order valence-electron chi connectivity index (χ4n) is 1.37. The van der Waals surface area contributed by atoms with Gasteiger partial charge in [-0.15, -0.1) is 11.3 Å². The van der Waals surface area contributed by atoms with Crippen LogP contribution in [-0.4, -0.2) is 29.8 Å². The van der Waals surface area contributed by atoms with Crippen molar-refractivity contribution in [1.82, 2.24) is 10.2 Å². The van der Waals surface area contributed by atoms with E-state index in [1.807, 2.05) is 6.07 Å². The molecule has 1 aliphatic heterocycles. The molecule has 2 amide bonds. The van der Waals surface area contributed by atoms with E-state index in [1.54, 1.807) is 6.07 Å². The van der Waals surface area contributed by atoms with Crippen molar-refractivity contribution in [1.29, 1.82) is 0 Å². The fraction of sp³-hybridized carbons (Fsp3) is 0.333. The Bertz CT molecular complexity index is 405. The first-order valence-electron chi connectivity index (χ1n) is 4.44. The Morgan fingerprint density at radius 3 is 2.93 bits per heavy atom. The second kappa shape index (κ2) is 4.20. The van der Waals surface area contributed by atoms with Crippen molar-refractivity contribution in [2.24, 2.45) is 0 Å². The Morgan fingerprint density at radius 1 is 1.47 bits per heavy atom. The molecular formula is C9H9ClN2O2S. The van der Waals surface area contributed by atoms with E-state index in [0.29, 0.717) is 10.9 Å². The third-order valence-corrected chi connectivity index (χ3v) is 3.32. The number of hydrogen-bond donors (Lipinski definition) is 1. The number of carbonyl (C=O) groups excluding carboxylic acids is 2. The summed E-state index contributed by atoms with van der Waals surface area (Å²) in [5.74, 6) is -0.170. The van der Waals surface area contributed by atoms with Crippen LogP contribution in [-0.2, 0) is 16.1 Å². The van der Waals surface area contributed by atoms with Gasteiger partial charge in [-0.1, -0.05) is 11.6 Å². The summed E-state index contributed by atoms with van der Waals surface area (Å²) in [5, 5.41) is 2.50. The van der Waals surface area contributed by atoms with Crippen molar-refractivity contribution in [3.63, 3.8) is 0 Å². The van der Waals surface area contributed by atoms with Crippen molar-refractivity contribution in [2.75, 3.05) is 13.1 Å². The molecular weight excluding hydrogens is 236 g/mol. The number of hydrogen-bond acceptors (Lipinski definition) is 3. The molecule has 4 nitrogen and oxygen atoms in total. The van der Waals surface area contributed by atoms with Gasteiger partial charge in [0.05, 0.1) is 24.0 Å². The average Bonchev–Trinajstić information content (AvgIpc) is 2.58. The van der Waals surface area contributed by atoms with Crippen molar-refractivity contribution >= 4 is 34.8 Å². The van der Waals surface area contributed by atoms with Crippen LogP contribution < -0.4 is 5.32 Å². The summed E-state index contributed by atoms with van der Waals surface area (Å²) in [5.41, 5.74) is 0. The number of amides is 2. The lowest BCUT2D eigenvalue weighted by Gasteiger charge is -2.25. The highest BCUT2D eigenvalue weighted by molar-refractivity contribution is 7.16. The van der Waals surface area contributed by atoms with E-state index in [2.05, 4.69) is 5.32 Å². The summed E-state index contributed by atoms with van der Waals surface area (Å²) >= 11 is 7.20. The maximum absolute atomic E-state index is 11.4. The Balaban J connectivity index is 2.04. The lowest BCUT2D eigenvalue weighted by Crippen LogP contribution is -2.50. The van der Waals surface area contributed by atoms with E-state index < -0.39 is 0 Å². The van der Waals surface area contributed by atoms with Crippen LogP contribution in [0.3, 0.4) is 0 Å². The van der Waals surface area contributed by atoms with Gasteiger partial charge in [0.1, 0.15) is 0 Å². The van der Waals surface area contributed by atoms with Crippen LogP contribution in [0, 0.1) is 0 Å². The van der Waals surface area contributed by atoms with Gasteiger partial charge in [-0.3, -0.25) is 9.59 Å². The van der Waals surface area contributed by atoms with Crippen LogP contribution in [0.15, 0.2) is 12.1 Å². The molecule has 1 fully saturated rings. The fourth-order valence-corrected chi connectivity index (χ4v) is 2.48. The third kappa shape index (κ3) is 2.49. The summed E-state index contributed by atoms with van der Waals surface area (Å²) in [6.45, 7) is 0.690. The zero-order valence-corrected chi connectivity index (χ0v) is 9.40. The number of nitrogens with one attached hydrogen (secondary N) is 1. The van der Waals surface area contributed by atoms with Crippen LogP contribution >= 0.6 is 22.9 Å². The minimum absolute atomic E-state index is 0.0564. The molecule has 80 valence electrons. The molecule has 1 N–H and O–H groups in total. The zero-order valence-electron chi connectivity index (χ0n) is 7.83. The molecule has 2 heterocycles. The monoisotopic (exact) mass is 244 g/mol. The predicted molar refractivity (Wildman–Crippen MR) is 57.8 cm³/mol. The van der Waals surface area contributed by atoms with Crippen LogP contribution in [0.2, 0.25) is 4.34 Å². The SMILES string of the molecule is O=C1CN(Cc2ccc(Cl)s2)C(=O)CN1. The number of piperazine rings is 1. The minimum atomic E-state index is -0.114. The molecule has 1 aromatic rings. The van der Waals surface area contributed by atoms with Gasteiger partial charge in [0.2, 0.25) is 11.8 Å². The van der Waals surface area contributed by atoms with E-state index >= 15 is 0 Å². The molecule has 0 spiro atoms. The second-order valence-electron chi connectivity index (χ2n) is 3.23. The predicted octanol–water partition coefficient (Wildman–Crippen LogP) is 0.860. The maximum atomic E-state index is 11.4. The van der Waals surface area contributed by atoms with E-state index in [4.69, 9.17) is 11.6 Å². The quantitative estimate of drug-likeness (QED) is 0.839. The summed E-state index contributed by atoms with van der Waals surface area (Å²) < 4.78 is 0.693. The molecule has 1 aromatic heterocycles. The Morgan fingerprint density at radius 2 is 2.27 bits per heavy atom. The summed E-state index contributed by atoms with van der Waals surface area (Å²) in [4.78, 5) is 25.0. The highest BCUT2D eigenvalue weighted by Crippen LogP contribution is 2.22. The summed E-state index contributed by atoms with van der Waals surface area (Å²) in [7, 11) is 0. The number of thiophene rings is 1. The topological polar surface area (TPSA) is 49.4 Å². The van der Waals surface area contributed by atoms with Crippen molar-refractivity contribution in [3.05, 3.63) is 21.3 Å². The molecule has 0 aromatic carbocycles. The maximum Gasteiger partial charge on any atom is 0.242 e. The highest BCUT2D eigenvalue weighted by Gasteiger charge is 2.23. The largest absolute Gasteiger partial charge is 0.345 e. The number of carbonyl (C=O) groups is 2. The van der Waals surface area contributed by atoms with E-state index in [-0.39, 0.29) is 24.9 Å². The average molecular weight is 245 g/mol. The van der Waals surface area contributed by atoms with Gasteiger partial charge >= 0.3 is 0 Å². The number of nitrogens with zero attached hydrogens (tertiary/aromatic N) is 1. The summed E-state index contributed by atoms with van der Waals surface area (Å²) in [6, 6.07) is 3.66. The Labute approximate surface area is 95.8 Å². The van der Waals surface area contributed by atoms with Crippen LogP contribution in [0.4, 0.5) is 0 Å². The van der Waals surface area contributed by atoms with E-state index in [9.17, 15) is 9.59 Å². The van der Waals surface area contributed by atoms with Crippen molar-refractivity contribution in [2.45, 2.75) is 6.54 Å². The Kier molecular flexibility index (Phi) is 2.93. The van der Waals surface area contributed by atoms with Gasteiger partial charge in [-0.05, 0) is 12.1 Å². The molecule has 0 saturated carbocycles. The molecule has 0 bridgehead atoms. The molecule has 6 heteroatoms. The van der Waals surface area contributed by atoms with Gasteiger partial charge in [0.15, 0.2) is 0 Å². The standard InChI is InChI=1S/C9H9ClN2O2S/c10-7-2-1-6(15-7)4-12-5-8(13)11-3-9(12)14/h1-2H,3-5H2,(H,11,13). The smallest absolute Gasteiger partial charge is 0.242 e.